The minimum absolute atomic E-state index is 0.0952. The van der Waals surface area contributed by atoms with Crippen LogP contribution in [-0.4, -0.2) is 32.7 Å². The number of phenols is 1. The van der Waals surface area contributed by atoms with Gasteiger partial charge in [0.15, 0.2) is 0 Å². The van der Waals surface area contributed by atoms with Crippen LogP contribution in [0.25, 0.3) is 0 Å². The molecular formula is C15H13N3O3S. The van der Waals surface area contributed by atoms with Gasteiger partial charge in [0, 0.05) is 23.5 Å². The lowest BCUT2D eigenvalue weighted by Gasteiger charge is -2.25. The Balaban J connectivity index is 1.83. The maximum Gasteiger partial charge on any atom is 0.270 e. The maximum absolute atomic E-state index is 12.2. The van der Waals surface area contributed by atoms with E-state index in [1.807, 2.05) is 0 Å². The minimum Gasteiger partial charge on any atom is -0.508 e. The lowest BCUT2D eigenvalue weighted by atomic mass is 10.2. The number of nitrogens with zero attached hydrogens (tertiary/aromatic N) is 2. The zero-order valence-corrected chi connectivity index (χ0v) is 12.3. The van der Waals surface area contributed by atoms with Crippen LogP contribution in [0.4, 0.5) is 0 Å². The number of hydrazine groups is 1. The molecule has 112 valence electrons. The van der Waals surface area contributed by atoms with Gasteiger partial charge < -0.3 is 5.11 Å². The average molecular weight is 315 g/mol. The number of hydrogen-bond donors (Lipinski definition) is 2. The monoisotopic (exact) mass is 315 g/mol. The Bertz CT molecular complexity index is 708. The van der Waals surface area contributed by atoms with Gasteiger partial charge in [-0.05, 0) is 18.2 Å². The second-order valence-electron chi connectivity index (χ2n) is 4.66. The van der Waals surface area contributed by atoms with Crippen LogP contribution in [0.5, 0.6) is 5.75 Å². The Morgan fingerprint density at radius 1 is 1.27 bits per heavy atom. The summed E-state index contributed by atoms with van der Waals surface area (Å²) in [5, 5.41) is 10.8. The molecule has 1 aliphatic heterocycles. The molecule has 2 aromatic rings. The summed E-state index contributed by atoms with van der Waals surface area (Å²) in [6, 6.07) is 9.91. The molecule has 0 spiro atoms. The van der Waals surface area contributed by atoms with Gasteiger partial charge >= 0.3 is 0 Å². The van der Waals surface area contributed by atoms with Crippen molar-refractivity contribution in [2.45, 2.75) is 5.37 Å². The number of carbonyl (C=O) groups is 2. The van der Waals surface area contributed by atoms with Crippen molar-refractivity contribution in [3.8, 4) is 5.75 Å². The highest BCUT2D eigenvalue weighted by atomic mass is 32.2. The summed E-state index contributed by atoms with van der Waals surface area (Å²) in [5.41, 5.74) is 3.61. The van der Waals surface area contributed by atoms with Gasteiger partial charge in [-0.2, -0.15) is 0 Å². The Morgan fingerprint density at radius 3 is 2.73 bits per heavy atom. The smallest absolute Gasteiger partial charge is 0.270 e. The molecule has 0 aliphatic carbocycles. The third-order valence-corrected chi connectivity index (χ3v) is 4.43. The van der Waals surface area contributed by atoms with Gasteiger partial charge in [-0.1, -0.05) is 18.2 Å². The van der Waals surface area contributed by atoms with E-state index < -0.39 is 11.3 Å². The molecule has 6 nitrogen and oxygen atoms in total. The fourth-order valence-electron chi connectivity index (χ4n) is 2.15. The summed E-state index contributed by atoms with van der Waals surface area (Å²) in [4.78, 5) is 28.1. The zero-order valence-electron chi connectivity index (χ0n) is 11.5. The molecule has 2 heterocycles. The third kappa shape index (κ3) is 2.75. The molecule has 2 N–H and O–H groups in total. The summed E-state index contributed by atoms with van der Waals surface area (Å²) in [6.07, 6.45) is 3.02. The van der Waals surface area contributed by atoms with E-state index >= 15 is 0 Å². The van der Waals surface area contributed by atoms with Crippen molar-refractivity contribution in [1.82, 2.24) is 15.4 Å². The van der Waals surface area contributed by atoms with Crippen LogP contribution < -0.4 is 5.43 Å². The van der Waals surface area contributed by atoms with Gasteiger partial charge in [0.05, 0.1) is 5.75 Å². The SMILES string of the molecule is O=C(NN1C(=O)CSC1c1ccccc1O)c1ccncc1. The molecule has 1 aromatic carbocycles. The first kappa shape index (κ1) is 14.4. The van der Waals surface area contributed by atoms with E-state index in [0.29, 0.717) is 11.1 Å². The number of aromatic hydroxyl groups is 1. The predicted molar refractivity (Wildman–Crippen MR) is 81.9 cm³/mol. The molecular weight excluding hydrogens is 302 g/mol. The predicted octanol–water partition coefficient (Wildman–Crippen LogP) is 1.71. The van der Waals surface area contributed by atoms with Crippen LogP contribution in [0.2, 0.25) is 0 Å². The first-order chi connectivity index (χ1) is 10.7. The Labute approximate surface area is 131 Å². The van der Waals surface area contributed by atoms with Gasteiger partial charge in [0.25, 0.3) is 11.8 Å². The van der Waals surface area contributed by atoms with Crippen LogP contribution in [0.1, 0.15) is 21.3 Å². The van der Waals surface area contributed by atoms with Gasteiger partial charge in [-0.15, -0.1) is 11.8 Å². The highest BCUT2D eigenvalue weighted by Crippen LogP contribution is 2.40. The number of carbonyl (C=O) groups excluding carboxylic acids is 2. The molecule has 1 atom stereocenters. The number of pyridine rings is 1. The molecule has 0 radical (unpaired) electrons. The largest absolute Gasteiger partial charge is 0.508 e. The van der Waals surface area contributed by atoms with E-state index in [1.54, 1.807) is 36.4 Å². The summed E-state index contributed by atoms with van der Waals surface area (Å²) in [7, 11) is 0. The second-order valence-corrected chi connectivity index (χ2v) is 5.73. The first-order valence-electron chi connectivity index (χ1n) is 6.59. The molecule has 3 rings (SSSR count). The molecule has 22 heavy (non-hydrogen) atoms. The number of aromatic nitrogens is 1. The van der Waals surface area contributed by atoms with Crippen LogP contribution >= 0.6 is 11.8 Å². The summed E-state index contributed by atoms with van der Waals surface area (Å²) in [5.74, 6) is -0.257. The molecule has 1 saturated heterocycles. The van der Waals surface area contributed by atoms with Gasteiger partial charge in [0.1, 0.15) is 11.1 Å². The van der Waals surface area contributed by atoms with Gasteiger partial charge in [-0.25, -0.2) is 5.01 Å². The van der Waals surface area contributed by atoms with Crippen molar-refractivity contribution < 1.29 is 14.7 Å². The van der Waals surface area contributed by atoms with E-state index in [9.17, 15) is 14.7 Å². The highest BCUT2D eigenvalue weighted by Gasteiger charge is 2.35. The fourth-order valence-corrected chi connectivity index (χ4v) is 3.29. The average Bonchev–Trinajstić information content (AvgIpc) is 2.90. The van der Waals surface area contributed by atoms with E-state index in [4.69, 9.17) is 0 Å². The number of amides is 2. The van der Waals surface area contributed by atoms with E-state index in [0.717, 1.165) is 0 Å². The van der Waals surface area contributed by atoms with Crippen molar-refractivity contribution in [3.63, 3.8) is 0 Å². The quantitative estimate of drug-likeness (QED) is 0.901. The van der Waals surface area contributed by atoms with Crippen molar-refractivity contribution in [2.24, 2.45) is 0 Å². The molecule has 0 saturated carbocycles. The standard InChI is InChI=1S/C15H13N3O3S/c19-12-4-2-1-3-11(12)15-18(13(20)9-22-15)17-14(21)10-5-7-16-8-6-10/h1-8,15,19H,9H2,(H,17,21). The number of thioether (sulfide) groups is 1. The van der Waals surface area contributed by atoms with Crippen LogP contribution in [0.15, 0.2) is 48.8 Å². The summed E-state index contributed by atoms with van der Waals surface area (Å²) >= 11 is 1.35. The highest BCUT2D eigenvalue weighted by molar-refractivity contribution is 8.00. The minimum atomic E-state index is -0.445. The van der Waals surface area contributed by atoms with Crippen molar-refractivity contribution in [3.05, 3.63) is 59.9 Å². The molecule has 7 heteroatoms. The Kier molecular flexibility index (Phi) is 3.97. The number of nitrogens with one attached hydrogen (secondary N) is 1. The van der Waals surface area contributed by atoms with Gasteiger partial charge in [0.2, 0.25) is 0 Å². The Morgan fingerprint density at radius 2 is 2.00 bits per heavy atom. The van der Waals surface area contributed by atoms with Crippen LogP contribution in [0, 0.1) is 0 Å². The lowest BCUT2D eigenvalue weighted by molar-refractivity contribution is -0.130. The molecule has 1 unspecified atom stereocenters. The number of hydrogen-bond acceptors (Lipinski definition) is 5. The normalized spacial score (nSPS) is 17.5. The molecule has 0 bridgehead atoms. The van der Waals surface area contributed by atoms with Crippen LogP contribution in [0.3, 0.4) is 0 Å². The van der Waals surface area contributed by atoms with E-state index in [1.165, 1.54) is 29.2 Å². The topological polar surface area (TPSA) is 82.5 Å². The van der Waals surface area contributed by atoms with E-state index in [2.05, 4.69) is 10.4 Å². The molecule has 1 fully saturated rings. The molecule has 2 amide bonds. The van der Waals surface area contributed by atoms with Crippen molar-refractivity contribution in [1.29, 1.82) is 0 Å². The first-order valence-corrected chi connectivity index (χ1v) is 7.64. The number of benzene rings is 1. The molecule has 1 aromatic heterocycles. The Hall–Kier alpha value is -2.54. The maximum atomic E-state index is 12.2. The second kappa shape index (κ2) is 6.07. The zero-order chi connectivity index (χ0) is 15.5. The molecule has 1 aliphatic rings. The van der Waals surface area contributed by atoms with Gasteiger partial charge in [-0.3, -0.25) is 20.0 Å². The fraction of sp³-hybridized carbons (Fsp3) is 0.133. The van der Waals surface area contributed by atoms with Crippen molar-refractivity contribution >= 4 is 23.6 Å². The number of phenolic OH excluding ortho intramolecular Hbond substituents is 1. The summed E-state index contributed by atoms with van der Waals surface area (Å²) in [6.45, 7) is 0. The number of rotatable bonds is 3. The third-order valence-electron chi connectivity index (χ3n) is 3.24. The van der Waals surface area contributed by atoms with Crippen LogP contribution in [-0.2, 0) is 4.79 Å². The van der Waals surface area contributed by atoms with E-state index in [-0.39, 0.29) is 17.4 Å². The number of para-hydroxylation sites is 1. The summed E-state index contributed by atoms with van der Waals surface area (Å²) < 4.78 is 0. The lowest BCUT2D eigenvalue weighted by Crippen LogP contribution is -2.44. The van der Waals surface area contributed by atoms with Crippen molar-refractivity contribution in [2.75, 3.05) is 5.75 Å².